The SMILES string of the molecule is Cc1cc(Cl)ccc1Cn1cc(CNC(=O)c2ccnn2C)nn1. The average Bonchev–Trinajstić information content (AvgIpc) is 3.17. The van der Waals surface area contributed by atoms with Crippen molar-refractivity contribution in [3.05, 3.63) is 64.2 Å². The molecule has 8 heteroatoms. The smallest absolute Gasteiger partial charge is 0.269 e. The average molecular weight is 345 g/mol. The lowest BCUT2D eigenvalue weighted by Gasteiger charge is -2.05. The van der Waals surface area contributed by atoms with E-state index in [4.69, 9.17) is 11.6 Å². The van der Waals surface area contributed by atoms with Crippen LogP contribution in [0.5, 0.6) is 0 Å². The van der Waals surface area contributed by atoms with Crippen LogP contribution < -0.4 is 5.32 Å². The minimum Gasteiger partial charge on any atom is -0.345 e. The summed E-state index contributed by atoms with van der Waals surface area (Å²) in [5.74, 6) is -0.196. The molecule has 0 saturated heterocycles. The largest absolute Gasteiger partial charge is 0.345 e. The van der Waals surface area contributed by atoms with Crippen LogP contribution in [0.3, 0.4) is 0 Å². The number of rotatable bonds is 5. The number of nitrogens with zero attached hydrogens (tertiary/aromatic N) is 5. The molecule has 0 radical (unpaired) electrons. The molecule has 0 fully saturated rings. The Morgan fingerprint density at radius 2 is 2.17 bits per heavy atom. The third-order valence-electron chi connectivity index (χ3n) is 3.71. The van der Waals surface area contributed by atoms with Crippen LogP contribution in [-0.2, 0) is 20.1 Å². The Morgan fingerprint density at radius 3 is 2.88 bits per heavy atom. The summed E-state index contributed by atoms with van der Waals surface area (Å²) in [6.07, 6.45) is 3.40. The Bertz CT molecular complexity index is 869. The van der Waals surface area contributed by atoms with E-state index < -0.39 is 0 Å². The van der Waals surface area contributed by atoms with E-state index in [1.54, 1.807) is 24.0 Å². The molecule has 0 atom stereocenters. The summed E-state index contributed by atoms with van der Waals surface area (Å²) in [6.45, 7) is 2.92. The fourth-order valence-electron chi connectivity index (χ4n) is 2.37. The predicted molar refractivity (Wildman–Crippen MR) is 89.7 cm³/mol. The highest BCUT2D eigenvalue weighted by Gasteiger charge is 2.10. The van der Waals surface area contributed by atoms with Crippen molar-refractivity contribution in [2.24, 2.45) is 7.05 Å². The van der Waals surface area contributed by atoms with E-state index in [1.165, 1.54) is 4.68 Å². The van der Waals surface area contributed by atoms with E-state index in [0.29, 0.717) is 29.5 Å². The first kappa shape index (κ1) is 16.2. The zero-order valence-corrected chi connectivity index (χ0v) is 14.2. The molecule has 2 aromatic heterocycles. The van der Waals surface area contributed by atoms with Crippen LogP contribution in [0, 0.1) is 6.92 Å². The summed E-state index contributed by atoms with van der Waals surface area (Å²) in [5.41, 5.74) is 3.41. The Hall–Kier alpha value is -2.67. The number of halogens is 1. The maximum atomic E-state index is 12.0. The number of hydrogen-bond acceptors (Lipinski definition) is 4. The van der Waals surface area contributed by atoms with Crippen molar-refractivity contribution in [3.63, 3.8) is 0 Å². The third kappa shape index (κ3) is 3.62. The summed E-state index contributed by atoms with van der Waals surface area (Å²) in [5, 5.41) is 15.7. The van der Waals surface area contributed by atoms with Crippen molar-refractivity contribution in [1.82, 2.24) is 30.1 Å². The maximum absolute atomic E-state index is 12.0. The van der Waals surface area contributed by atoms with Gasteiger partial charge >= 0.3 is 0 Å². The molecule has 0 spiro atoms. The van der Waals surface area contributed by atoms with Gasteiger partial charge in [0.2, 0.25) is 0 Å². The number of amides is 1. The molecule has 0 aliphatic heterocycles. The molecule has 124 valence electrons. The van der Waals surface area contributed by atoms with Gasteiger partial charge in [-0.2, -0.15) is 5.10 Å². The first-order valence-electron chi connectivity index (χ1n) is 7.43. The van der Waals surface area contributed by atoms with E-state index in [2.05, 4.69) is 20.7 Å². The fraction of sp³-hybridized carbons (Fsp3) is 0.250. The van der Waals surface area contributed by atoms with E-state index in [0.717, 1.165) is 11.1 Å². The van der Waals surface area contributed by atoms with Gasteiger partial charge in [0, 0.05) is 18.3 Å². The highest BCUT2D eigenvalue weighted by Crippen LogP contribution is 2.16. The van der Waals surface area contributed by atoms with E-state index in [9.17, 15) is 4.79 Å². The monoisotopic (exact) mass is 344 g/mol. The highest BCUT2D eigenvalue weighted by molar-refractivity contribution is 6.30. The normalized spacial score (nSPS) is 10.8. The molecule has 3 rings (SSSR count). The molecule has 0 unspecified atom stereocenters. The summed E-state index contributed by atoms with van der Waals surface area (Å²) >= 11 is 5.97. The summed E-state index contributed by atoms with van der Waals surface area (Å²) in [6, 6.07) is 7.41. The van der Waals surface area contributed by atoms with E-state index in [-0.39, 0.29) is 5.91 Å². The van der Waals surface area contributed by atoms with Gasteiger partial charge in [-0.15, -0.1) is 5.10 Å². The topological polar surface area (TPSA) is 77.6 Å². The van der Waals surface area contributed by atoms with Crippen LogP contribution in [0.15, 0.2) is 36.7 Å². The van der Waals surface area contributed by atoms with Crippen molar-refractivity contribution in [1.29, 1.82) is 0 Å². The number of carbonyl (C=O) groups is 1. The highest BCUT2D eigenvalue weighted by atomic mass is 35.5. The molecule has 3 aromatic rings. The van der Waals surface area contributed by atoms with Gasteiger partial charge in [-0.05, 0) is 36.2 Å². The fourth-order valence-corrected chi connectivity index (χ4v) is 2.59. The molecular formula is C16H17ClN6O. The van der Waals surface area contributed by atoms with Gasteiger partial charge in [0.25, 0.3) is 5.91 Å². The molecule has 0 bridgehead atoms. The molecule has 1 N–H and O–H groups in total. The van der Waals surface area contributed by atoms with Gasteiger partial charge in [-0.1, -0.05) is 22.9 Å². The van der Waals surface area contributed by atoms with Gasteiger partial charge in [0.15, 0.2) is 0 Å². The molecular weight excluding hydrogens is 328 g/mol. The Labute approximate surface area is 144 Å². The number of benzene rings is 1. The van der Waals surface area contributed by atoms with Gasteiger partial charge in [0.05, 0.1) is 19.3 Å². The van der Waals surface area contributed by atoms with Gasteiger partial charge in [-0.25, -0.2) is 4.68 Å². The molecule has 0 aliphatic carbocycles. The molecule has 2 heterocycles. The van der Waals surface area contributed by atoms with Crippen molar-refractivity contribution in [2.75, 3.05) is 0 Å². The Morgan fingerprint density at radius 1 is 1.33 bits per heavy atom. The summed E-state index contributed by atoms with van der Waals surface area (Å²) in [7, 11) is 1.72. The lowest BCUT2D eigenvalue weighted by Crippen LogP contribution is -2.25. The van der Waals surface area contributed by atoms with Crippen molar-refractivity contribution in [3.8, 4) is 0 Å². The minimum atomic E-state index is -0.196. The van der Waals surface area contributed by atoms with Crippen LogP contribution in [0.2, 0.25) is 5.02 Å². The maximum Gasteiger partial charge on any atom is 0.269 e. The molecule has 24 heavy (non-hydrogen) atoms. The van der Waals surface area contributed by atoms with Crippen LogP contribution in [0.1, 0.15) is 27.3 Å². The van der Waals surface area contributed by atoms with E-state index in [1.807, 2.05) is 31.3 Å². The quantitative estimate of drug-likeness (QED) is 0.767. The summed E-state index contributed by atoms with van der Waals surface area (Å²) < 4.78 is 3.26. The van der Waals surface area contributed by atoms with Crippen LogP contribution >= 0.6 is 11.6 Å². The lowest BCUT2D eigenvalue weighted by atomic mass is 10.1. The van der Waals surface area contributed by atoms with E-state index >= 15 is 0 Å². The first-order chi connectivity index (χ1) is 11.5. The number of nitrogens with one attached hydrogen (secondary N) is 1. The zero-order chi connectivity index (χ0) is 17.1. The Kier molecular flexibility index (Phi) is 4.61. The first-order valence-corrected chi connectivity index (χ1v) is 7.81. The predicted octanol–water partition coefficient (Wildman–Crippen LogP) is 1.95. The second-order valence-corrected chi connectivity index (χ2v) is 5.94. The van der Waals surface area contributed by atoms with Crippen LogP contribution in [-0.4, -0.2) is 30.7 Å². The molecule has 1 aromatic carbocycles. The molecule has 0 aliphatic rings. The lowest BCUT2D eigenvalue weighted by molar-refractivity contribution is 0.0941. The standard InChI is InChI=1S/C16H17ClN6O/c1-11-7-13(17)4-3-12(11)9-23-10-14(20-21-23)8-18-16(24)15-5-6-19-22(15)2/h3-7,10H,8-9H2,1-2H3,(H,18,24). The second-order valence-electron chi connectivity index (χ2n) is 5.50. The van der Waals surface area contributed by atoms with Crippen LogP contribution in [0.4, 0.5) is 0 Å². The van der Waals surface area contributed by atoms with Crippen molar-refractivity contribution < 1.29 is 4.79 Å². The van der Waals surface area contributed by atoms with Gasteiger partial charge in [0.1, 0.15) is 11.4 Å². The van der Waals surface area contributed by atoms with Crippen molar-refractivity contribution >= 4 is 17.5 Å². The Balaban J connectivity index is 1.61. The van der Waals surface area contributed by atoms with Gasteiger partial charge < -0.3 is 5.32 Å². The molecule has 7 nitrogen and oxygen atoms in total. The summed E-state index contributed by atoms with van der Waals surface area (Å²) in [4.78, 5) is 12.0. The van der Waals surface area contributed by atoms with Crippen molar-refractivity contribution in [2.45, 2.75) is 20.0 Å². The second kappa shape index (κ2) is 6.84. The number of aromatic nitrogens is 5. The van der Waals surface area contributed by atoms with Gasteiger partial charge in [-0.3, -0.25) is 9.48 Å². The zero-order valence-electron chi connectivity index (χ0n) is 13.4. The molecule has 0 saturated carbocycles. The van der Waals surface area contributed by atoms with Crippen LogP contribution in [0.25, 0.3) is 0 Å². The minimum absolute atomic E-state index is 0.196. The third-order valence-corrected chi connectivity index (χ3v) is 3.94. The number of aryl methyl sites for hydroxylation is 2. The molecule has 1 amide bonds. The number of carbonyl (C=O) groups excluding carboxylic acids is 1. The number of hydrogen-bond donors (Lipinski definition) is 1.